The SMILES string of the molecule is C[C@](O)(c1ccc(Nc2nn([C@]3(CC#N)CCCOC3)c3cc[nH]c(=O)c23)cc1)C(F)(F)F. The van der Waals surface area contributed by atoms with Gasteiger partial charge in [-0.15, -0.1) is 0 Å². The number of hydrogen-bond donors (Lipinski definition) is 3. The van der Waals surface area contributed by atoms with Crippen LogP contribution in [0.4, 0.5) is 24.7 Å². The van der Waals surface area contributed by atoms with Crippen LogP contribution in [-0.4, -0.2) is 39.3 Å². The zero-order valence-corrected chi connectivity index (χ0v) is 17.7. The third kappa shape index (κ3) is 3.96. The lowest BCUT2D eigenvalue weighted by atomic mass is 9.89. The molecular weight excluding hydrogens is 439 g/mol. The molecule has 1 aliphatic rings. The molecule has 1 fully saturated rings. The number of nitrogens with zero attached hydrogens (tertiary/aromatic N) is 3. The number of H-pyrrole nitrogens is 1. The fourth-order valence-corrected chi connectivity index (χ4v) is 4.07. The van der Waals surface area contributed by atoms with E-state index in [4.69, 9.17) is 4.74 Å². The maximum absolute atomic E-state index is 13.1. The number of benzene rings is 1. The smallest absolute Gasteiger partial charge is 0.379 e. The second-order valence-electron chi connectivity index (χ2n) is 8.32. The van der Waals surface area contributed by atoms with Gasteiger partial charge in [0.1, 0.15) is 5.39 Å². The molecule has 8 nitrogen and oxygen atoms in total. The lowest BCUT2D eigenvalue weighted by Crippen LogP contribution is -2.42. The molecule has 0 saturated carbocycles. The Hall–Kier alpha value is -3.36. The van der Waals surface area contributed by atoms with Gasteiger partial charge >= 0.3 is 6.18 Å². The van der Waals surface area contributed by atoms with Crippen LogP contribution in [0, 0.1) is 11.3 Å². The molecule has 0 bridgehead atoms. The van der Waals surface area contributed by atoms with Gasteiger partial charge in [0.2, 0.25) is 0 Å². The molecule has 1 aliphatic heterocycles. The van der Waals surface area contributed by atoms with Crippen LogP contribution in [0.3, 0.4) is 0 Å². The average Bonchev–Trinajstić information content (AvgIpc) is 3.14. The number of halogens is 3. The summed E-state index contributed by atoms with van der Waals surface area (Å²) < 4.78 is 46.6. The molecule has 2 atom stereocenters. The Balaban J connectivity index is 1.75. The fourth-order valence-electron chi connectivity index (χ4n) is 4.07. The predicted octanol–water partition coefficient (Wildman–Crippen LogP) is 3.66. The zero-order chi connectivity index (χ0) is 23.9. The number of rotatable bonds is 5. The van der Waals surface area contributed by atoms with E-state index in [0.29, 0.717) is 31.2 Å². The van der Waals surface area contributed by atoms with Gasteiger partial charge in [-0.3, -0.25) is 9.48 Å². The summed E-state index contributed by atoms with van der Waals surface area (Å²) in [6.07, 6.45) is -1.83. The van der Waals surface area contributed by atoms with Gasteiger partial charge in [0.15, 0.2) is 11.4 Å². The summed E-state index contributed by atoms with van der Waals surface area (Å²) in [6, 6.07) is 8.92. The first kappa shape index (κ1) is 22.8. The summed E-state index contributed by atoms with van der Waals surface area (Å²) in [5.74, 6) is 0.199. The van der Waals surface area contributed by atoms with E-state index >= 15 is 0 Å². The highest BCUT2D eigenvalue weighted by Crippen LogP contribution is 2.39. The van der Waals surface area contributed by atoms with E-state index in [2.05, 4.69) is 21.5 Å². The van der Waals surface area contributed by atoms with E-state index in [-0.39, 0.29) is 29.8 Å². The van der Waals surface area contributed by atoms with Crippen molar-refractivity contribution in [2.75, 3.05) is 18.5 Å². The van der Waals surface area contributed by atoms with Gasteiger partial charge < -0.3 is 20.1 Å². The quantitative estimate of drug-likeness (QED) is 0.534. The number of ether oxygens (including phenoxy) is 1. The summed E-state index contributed by atoms with van der Waals surface area (Å²) in [4.78, 5) is 15.2. The number of nitriles is 1. The highest BCUT2D eigenvalue weighted by atomic mass is 19.4. The highest BCUT2D eigenvalue weighted by Gasteiger charge is 2.51. The van der Waals surface area contributed by atoms with Crippen molar-refractivity contribution in [1.82, 2.24) is 14.8 Å². The Kier molecular flexibility index (Phi) is 5.67. The third-order valence-corrected chi connectivity index (χ3v) is 6.02. The molecule has 3 aromatic rings. The molecule has 0 unspecified atom stereocenters. The van der Waals surface area contributed by atoms with Crippen LogP contribution in [0.5, 0.6) is 0 Å². The second-order valence-corrected chi connectivity index (χ2v) is 8.32. The number of aliphatic hydroxyl groups is 1. The monoisotopic (exact) mass is 461 g/mol. The maximum Gasteiger partial charge on any atom is 0.421 e. The van der Waals surface area contributed by atoms with Crippen molar-refractivity contribution in [3.05, 3.63) is 52.4 Å². The lowest BCUT2D eigenvalue weighted by Gasteiger charge is -2.35. The fraction of sp³-hybridized carbons (Fsp3) is 0.409. The van der Waals surface area contributed by atoms with Crippen molar-refractivity contribution in [2.45, 2.75) is 43.5 Å². The molecule has 0 amide bonds. The number of anilines is 2. The number of nitrogens with one attached hydrogen (secondary N) is 2. The highest BCUT2D eigenvalue weighted by molar-refractivity contribution is 5.91. The van der Waals surface area contributed by atoms with Gasteiger partial charge in [-0.05, 0) is 43.5 Å². The summed E-state index contributed by atoms with van der Waals surface area (Å²) >= 11 is 0. The summed E-state index contributed by atoms with van der Waals surface area (Å²) in [6.45, 7) is 1.53. The van der Waals surface area contributed by atoms with E-state index in [1.54, 1.807) is 10.7 Å². The van der Waals surface area contributed by atoms with Crippen molar-refractivity contribution >= 4 is 22.4 Å². The number of pyridine rings is 1. The summed E-state index contributed by atoms with van der Waals surface area (Å²) in [5, 5.41) is 27.1. The van der Waals surface area contributed by atoms with E-state index in [9.17, 15) is 28.3 Å². The van der Waals surface area contributed by atoms with Crippen molar-refractivity contribution in [2.24, 2.45) is 0 Å². The molecule has 3 N–H and O–H groups in total. The van der Waals surface area contributed by atoms with Gasteiger partial charge in [-0.25, -0.2) is 0 Å². The Bertz CT molecular complexity index is 1250. The first-order valence-corrected chi connectivity index (χ1v) is 10.3. The van der Waals surface area contributed by atoms with Crippen molar-refractivity contribution < 1.29 is 23.0 Å². The first-order chi connectivity index (χ1) is 15.6. The molecule has 0 spiro atoms. The molecule has 0 aliphatic carbocycles. The van der Waals surface area contributed by atoms with Gasteiger partial charge in [0.05, 0.1) is 30.2 Å². The number of aromatic nitrogens is 3. The number of aromatic amines is 1. The first-order valence-electron chi connectivity index (χ1n) is 10.3. The third-order valence-electron chi connectivity index (χ3n) is 6.02. The standard InChI is InChI=1S/C22H22F3N5O3/c1-20(32,22(23,24)25)14-3-5-15(6-4-14)28-18-17-16(7-11-27-19(17)31)30(29-18)21(9-10-26)8-2-12-33-13-21/h3-7,11,32H,2,8-9,12-13H2,1H3,(H,27,31)(H,28,29)/t20-,21-/m0/s1. The van der Waals surface area contributed by atoms with Crippen LogP contribution >= 0.6 is 0 Å². The minimum Gasteiger partial charge on any atom is -0.379 e. The normalized spacial score (nSPS) is 20.8. The van der Waals surface area contributed by atoms with Crippen LogP contribution in [0.25, 0.3) is 10.9 Å². The van der Waals surface area contributed by atoms with E-state index < -0.39 is 22.9 Å². The summed E-state index contributed by atoms with van der Waals surface area (Å²) in [5.41, 5.74) is -3.57. The van der Waals surface area contributed by atoms with Crippen molar-refractivity contribution in [1.29, 1.82) is 5.26 Å². The molecule has 1 aromatic carbocycles. The maximum atomic E-state index is 13.1. The van der Waals surface area contributed by atoms with Crippen LogP contribution in [0.2, 0.25) is 0 Å². The molecular formula is C22H22F3N5O3. The molecule has 174 valence electrons. The van der Waals surface area contributed by atoms with Crippen LogP contribution < -0.4 is 10.9 Å². The minimum atomic E-state index is -4.83. The predicted molar refractivity (Wildman–Crippen MR) is 114 cm³/mol. The Morgan fingerprint density at radius 2 is 2.06 bits per heavy atom. The zero-order valence-electron chi connectivity index (χ0n) is 17.7. The molecule has 1 saturated heterocycles. The molecule has 2 aromatic heterocycles. The topological polar surface area (TPSA) is 116 Å². The largest absolute Gasteiger partial charge is 0.421 e. The average molecular weight is 461 g/mol. The van der Waals surface area contributed by atoms with Crippen LogP contribution in [0.1, 0.15) is 31.7 Å². The number of fused-ring (bicyclic) bond motifs is 1. The van der Waals surface area contributed by atoms with Gasteiger partial charge in [0, 0.05) is 18.5 Å². The summed E-state index contributed by atoms with van der Waals surface area (Å²) in [7, 11) is 0. The number of hydrogen-bond acceptors (Lipinski definition) is 6. The Morgan fingerprint density at radius 1 is 1.33 bits per heavy atom. The number of alkyl halides is 3. The van der Waals surface area contributed by atoms with E-state index in [0.717, 1.165) is 18.6 Å². The minimum absolute atomic E-state index is 0.136. The van der Waals surface area contributed by atoms with E-state index in [1.165, 1.54) is 18.3 Å². The molecule has 3 heterocycles. The second kappa shape index (κ2) is 8.20. The van der Waals surface area contributed by atoms with Crippen LogP contribution in [0.15, 0.2) is 41.3 Å². The van der Waals surface area contributed by atoms with Crippen LogP contribution in [-0.2, 0) is 15.9 Å². The van der Waals surface area contributed by atoms with Crippen molar-refractivity contribution in [3.63, 3.8) is 0 Å². The van der Waals surface area contributed by atoms with Crippen molar-refractivity contribution in [3.8, 4) is 6.07 Å². The lowest BCUT2D eigenvalue weighted by molar-refractivity contribution is -0.258. The molecule has 0 radical (unpaired) electrons. The Morgan fingerprint density at radius 3 is 2.67 bits per heavy atom. The van der Waals surface area contributed by atoms with Gasteiger partial charge in [-0.2, -0.15) is 23.5 Å². The molecule has 4 rings (SSSR count). The van der Waals surface area contributed by atoms with E-state index in [1.807, 2.05) is 0 Å². The molecule has 33 heavy (non-hydrogen) atoms. The Labute approximate surface area is 186 Å². The molecule has 11 heteroatoms. The van der Waals surface area contributed by atoms with Gasteiger partial charge in [-0.1, -0.05) is 12.1 Å². The van der Waals surface area contributed by atoms with Gasteiger partial charge in [0.25, 0.3) is 5.56 Å².